The first-order valence-corrected chi connectivity index (χ1v) is 8.10. The van der Waals surface area contributed by atoms with Crippen LogP contribution in [-0.2, 0) is 11.2 Å². The summed E-state index contributed by atoms with van der Waals surface area (Å²) < 4.78 is 8.18. The van der Waals surface area contributed by atoms with Crippen LogP contribution in [0.1, 0.15) is 33.5 Å². The van der Waals surface area contributed by atoms with E-state index in [0.717, 1.165) is 16.7 Å². The third-order valence-electron chi connectivity index (χ3n) is 3.74. The zero-order valence-corrected chi connectivity index (χ0v) is 14.9. The van der Waals surface area contributed by atoms with Crippen molar-refractivity contribution in [2.24, 2.45) is 5.73 Å². The van der Waals surface area contributed by atoms with Crippen LogP contribution < -0.4 is 15.2 Å². The van der Waals surface area contributed by atoms with Crippen LogP contribution in [0.15, 0.2) is 30.3 Å². The van der Waals surface area contributed by atoms with Crippen molar-refractivity contribution in [2.45, 2.75) is 26.7 Å². The first-order valence-electron chi connectivity index (χ1n) is 7.65. The predicted molar refractivity (Wildman–Crippen MR) is 98.1 cm³/mol. The summed E-state index contributed by atoms with van der Waals surface area (Å²) in [6.07, 6.45) is 0.946. The maximum absolute atomic E-state index is 11.3. The lowest BCUT2D eigenvalue weighted by Gasteiger charge is -2.14. The van der Waals surface area contributed by atoms with Gasteiger partial charge in [0.15, 0.2) is 0 Å². The third-order valence-corrected chi connectivity index (χ3v) is 3.99. The number of phenols is 1. The number of benzene rings is 2. The zero-order chi connectivity index (χ0) is 18.6. The Hall–Kier alpha value is -2.67. The molecule has 0 heterocycles. The van der Waals surface area contributed by atoms with E-state index in [1.165, 1.54) is 12.1 Å². The Kier molecular flexibility index (Phi) is 5.93. The fourth-order valence-corrected chi connectivity index (χ4v) is 2.66. The average Bonchev–Trinajstić information content (AvgIpc) is 2.57. The molecule has 0 spiro atoms. The summed E-state index contributed by atoms with van der Waals surface area (Å²) in [6, 6.07) is 8.23. The molecule has 0 unspecified atom stereocenters. The highest BCUT2D eigenvalue weighted by molar-refractivity contribution is 7.78. The lowest BCUT2D eigenvalue weighted by molar-refractivity contribution is -0.119. The van der Waals surface area contributed by atoms with Crippen LogP contribution in [0.4, 0.5) is 0 Å². The van der Waals surface area contributed by atoms with Crippen molar-refractivity contribution in [3.8, 4) is 17.2 Å². The van der Waals surface area contributed by atoms with Gasteiger partial charge < -0.3 is 20.3 Å². The zero-order valence-electron chi connectivity index (χ0n) is 14.0. The van der Waals surface area contributed by atoms with E-state index < -0.39 is 5.91 Å². The van der Waals surface area contributed by atoms with Crippen LogP contribution in [0.25, 0.3) is 0 Å². The molecule has 0 saturated heterocycles. The van der Waals surface area contributed by atoms with Gasteiger partial charge in [-0.2, -0.15) is 0 Å². The molecular formula is C18H20N2O4S. The first kappa shape index (κ1) is 18.7. The fraction of sp³-hybridized carbons (Fsp3) is 0.222. The van der Waals surface area contributed by atoms with Gasteiger partial charge in [0.05, 0.1) is 5.56 Å². The molecule has 0 atom stereocenters. The van der Waals surface area contributed by atoms with Gasteiger partial charge in [0, 0.05) is 6.42 Å². The van der Waals surface area contributed by atoms with Crippen molar-refractivity contribution in [3.63, 3.8) is 0 Å². The molecule has 0 saturated carbocycles. The number of aromatic hydroxyl groups is 1. The van der Waals surface area contributed by atoms with Gasteiger partial charge in [-0.3, -0.25) is 9.59 Å². The molecule has 132 valence electrons. The molecule has 2 aromatic carbocycles. The second-order valence-corrected chi connectivity index (χ2v) is 5.96. The average molecular weight is 360 g/mol. The van der Waals surface area contributed by atoms with Gasteiger partial charge in [-0.1, -0.05) is 24.9 Å². The summed E-state index contributed by atoms with van der Waals surface area (Å²) in [5.74, 6) is 0.00543. The number of hydrogen-bond acceptors (Lipinski definition) is 5. The molecule has 0 aliphatic carbocycles. The highest BCUT2D eigenvalue weighted by atomic mass is 32.1. The molecule has 0 bridgehead atoms. The molecular weight excluding hydrogens is 340 g/mol. The molecule has 2 amide bonds. The van der Waals surface area contributed by atoms with Gasteiger partial charge in [0.2, 0.25) is 5.91 Å². The van der Waals surface area contributed by atoms with Crippen molar-refractivity contribution in [1.82, 2.24) is 4.72 Å². The van der Waals surface area contributed by atoms with Crippen molar-refractivity contribution in [3.05, 3.63) is 52.6 Å². The number of carbonyl (C=O) groups excluding carboxylic acids is 2. The largest absolute Gasteiger partial charge is 0.507 e. The van der Waals surface area contributed by atoms with Crippen molar-refractivity contribution >= 4 is 24.6 Å². The molecule has 0 aromatic heterocycles. The molecule has 2 rings (SSSR count). The number of rotatable bonds is 6. The van der Waals surface area contributed by atoms with E-state index in [4.69, 9.17) is 10.5 Å². The van der Waals surface area contributed by atoms with Crippen molar-refractivity contribution in [1.29, 1.82) is 0 Å². The fourth-order valence-electron chi connectivity index (χ4n) is 2.55. The number of carbonyl (C=O) groups is 2. The maximum Gasteiger partial charge on any atom is 0.252 e. The van der Waals surface area contributed by atoms with Gasteiger partial charge >= 0.3 is 0 Å². The molecule has 2 aromatic rings. The highest BCUT2D eigenvalue weighted by Crippen LogP contribution is 2.32. The first-order chi connectivity index (χ1) is 11.8. The summed E-state index contributed by atoms with van der Waals surface area (Å²) in [4.78, 5) is 22.6. The second-order valence-electron chi connectivity index (χ2n) is 5.74. The number of hydrogen-bond donors (Lipinski definition) is 4. The molecule has 0 radical (unpaired) electrons. The van der Waals surface area contributed by atoms with E-state index in [9.17, 15) is 14.7 Å². The number of aryl methyl sites for hydroxylation is 3. The number of amides is 2. The van der Waals surface area contributed by atoms with Gasteiger partial charge in [0.1, 0.15) is 17.2 Å². The maximum atomic E-state index is 11.3. The smallest absolute Gasteiger partial charge is 0.252 e. The quantitative estimate of drug-likeness (QED) is 0.595. The number of thiol groups is 1. The SMILES string of the molecule is Cc1cc(CCC(=O)NS)cc(C)c1Oc1ccc(O)c(C(N)=O)c1. The molecule has 7 heteroatoms. The Balaban J connectivity index is 2.24. The Labute approximate surface area is 151 Å². The molecule has 4 N–H and O–H groups in total. The van der Waals surface area contributed by atoms with E-state index in [1.807, 2.05) is 26.0 Å². The van der Waals surface area contributed by atoms with E-state index in [0.29, 0.717) is 24.3 Å². The van der Waals surface area contributed by atoms with E-state index in [2.05, 4.69) is 17.5 Å². The van der Waals surface area contributed by atoms with Gasteiger partial charge in [-0.25, -0.2) is 0 Å². The molecule has 0 fully saturated rings. The van der Waals surface area contributed by atoms with Crippen LogP contribution >= 0.6 is 12.8 Å². The summed E-state index contributed by atoms with van der Waals surface area (Å²) in [5, 5.41) is 9.65. The topological polar surface area (TPSA) is 102 Å². The number of ether oxygens (including phenoxy) is 1. The monoisotopic (exact) mass is 360 g/mol. The summed E-state index contributed by atoms with van der Waals surface area (Å²) >= 11 is 3.73. The molecule has 6 nitrogen and oxygen atoms in total. The number of nitrogens with one attached hydrogen (secondary N) is 1. The standard InChI is InChI=1S/C18H20N2O4S/c1-10-7-12(3-6-16(22)20-25)8-11(2)17(10)24-13-4-5-15(21)14(9-13)18(19)23/h4-5,7-9,21,25H,3,6H2,1-2H3,(H2,19,23)(H,20,22). The Bertz CT molecular complexity index is 798. The Morgan fingerprint density at radius 2 is 1.84 bits per heavy atom. The molecule has 0 aliphatic heterocycles. The molecule has 0 aliphatic rings. The van der Waals surface area contributed by atoms with Crippen LogP contribution in [0, 0.1) is 13.8 Å². The van der Waals surface area contributed by atoms with Crippen LogP contribution in [-0.4, -0.2) is 16.9 Å². The number of nitrogens with two attached hydrogens (primary N) is 1. The van der Waals surface area contributed by atoms with Crippen molar-refractivity contribution < 1.29 is 19.4 Å². The van der Waals surface area contributed by atoms with E-state index in [1.54, 1.807) is 6.07 Å². The van der Waals surface area contributed by atoms with Gasteiger partial charge in [0.25, 0.3) is 5.91 Å². The lowest BCUT2D eigenvalue weighted by Crippen LogP contribution is -2.12. The summed E-state index contributed by atoms with van der Waals surface area (Å²) in [7, 11) is 0. The van der Waals surface area contributed by atoms with Crippen LogP contribution in [0.3, 0.4) is 0 Å². The predicted octanol–water partition coefficient (Wildman–Crippen LogP) is 2.79. The second kappa shape index (κ2) is 7.94. The minimum atomic E-state index is -0.728. The van der Waals surface area contributed by atoms with Crippen molar-refractivity contribution in [2.75, 3.05) is 0 Å². The summed E-state index contributed by atoms with van der Waals surface area (Å²) in [6.45, 7) is 3.81. The van der Waals surface area contributed by atoms with Gasteiger partial charge in [-0.05, 0) is 55.2 Å². The van der Waals surface area contributed by atoms with E-state index >= 15 is 0 Å². The van der Waals surface area contributed by atoms with Crippen LogP contribution in [0.5, 0.6) is 17.2 Å². The van der Waals surface area contributed by atoms with E-state index in [-0.39, 0.29) is 17.2 Å². The van der Waals surface area contributed by atoms with Gasteiger partial charge in [-0.15, -0.1) is 0 Å². The normalized spacial score (nSPS) is 10.4. The summed E-state index contributed by atoms with van der Waals surface area (Å²) in [5.41, 5.74) is 8.05. The third kappa shape index (κ3) is 4.67. The minimum Gasteiger partial charge on any atom is -0.507 e. The molecule has 25 heavy (non-hydrogen) atoms. The Morgan fingerprint density at radius 3 is 2.40 bits per heavy atom. The number of primary amides is 1. The lowest BCUT2D eigenvalue weighted by atomic mass is 10.0. The highest BCUT2D eigenvalue weighted by Gasteiger charge is 2.12. The van der Waals surface area contributed by atoms with Crippen LogP contribution in [0.2, 0.25) is 0 Å². The minimum absolute atomic E-state index is 0.00203. The Morgan fingerprint density at radius 1 is 1.20 bits per heavy atom.